The second-order valence-electron chi connectivity index (χ2n) is 4.99. The molecule has 132 valence electrons. The molecule has 1 aromatic carbocycles. The molecule has 3 amide bonds. The highest BCUT2D eigenvalue weighted by atomic mass is 35.5. The van der Waals surface area contributed by atoms with E-state index >= 15 is 0 Å². The standard InChI is InChI=1S/C14H15Cl3N2O5/c1-6(2)12(13(21)19-14(18)22)24-11(20)5-23-10-4-8(16)7(15)3-9(10)17/h3-4,6,12H,5H2,1-2H3,(H3,18,19,21,22)/t12-/m0/s1. The number of amides is 3. The average Bonchev–Trinajstić information content (AvgIpc) is 2.46. The Kier molecular flexibility index (Phi) is 7.59. The summed E-state index contributed by atoms with van der Waals surface area (Å²) in [5.41, 5.74) is 4.87. The molecule has 0 aliphatic carbocycles. The van der Waals surface area contributed by atoms with Crippen LogP contribution in [0.3, 0.4) is 0 Å². The van der Waals surface area contributed by atoms with Gasteiger partial charge in [0, 0.05) is 6.07 Å². The summed E-state index contributed by atoms with van der Waals surface area (Å²) in [6.45, 7) is 2.75. The van der Waals surface area contributed by atoms with Gasteiger partial charge in [0.25, 0.3) is 5.91 Å². The first-order chi connectivity index (χ1) is 11.1. The predicted octanol–water partition coefficient (Wildman–Crippen LogP) is 2.79. The number of carbonyl (C=O) groups excluding carboxylic acids is 3. The molecule has 1 rings (SSSR count). The van der Waals surface area contributed by atoms with Crippen molar-refractivity contribution in [2.24, 2.45) is 11.7 Å². The Morgan fingerprint density at radius 1 is 1.12 bits per heavy atom. The number of halogens is 3. The van der Waals surface area contributed by atoms with Gasteiger partial charge in [0.1, 0.15) is 5.75 Å². The van der Waals surface area contributed by atoms with Gasteiger partial charge in [0.05, 0.1) is 15.1 Å². The molecule has 0 radical (unpaired) electrons. The SMILES string of the molecule is CC(C)[C@H](OC(=O)COc1cc(Cl)c(Cl)cc1Cl)C(=O)NC(N)=O. The van der Waals surface area contributed by atoms with Crippen LogP contribution in [-0.2, 0) is 14.3 Å². The predicted molar refractivity (Wildman–Crippen MR) is 89.4 cm³/mol. The fourth-order valence-corrected chi connectivity index (χ4v) is 2.20. The van der Waals surface area contributed by atoms with Crippen LogP contribution >= 0.6 is 34.8 Å². The highest BCUT2D eigenvalue weighted by Crippen LogP contribution is 2.33. The van der Waals surface area contributed by atoms with E-state index in [1.165, 1.54) is 12.1 Å². The molecule has 0 fully saturated rings. The summed E-state index contributed by atoms with van der Waals surface area (Å²) in [6, 6.07) is 1.67. The topological polar surface area (TPSA) is 108 Å². The maximum atomic E-state index is 11.8. The lowest BCUT2D eigenvalue weighted by molar-refractivity contribution is -0.160. The number of benzene rings is 1. The molecular formula is C14H15Cl3N2O5. The zero-order valence-electron chi connectivity index (χ0n) is 12.8. The lowest BCUT2D eigenvalue weighted by atomic mass is 10.1. The molecule has 10 heteroatoms. The van der Waals surface area contributed by atoms with Crippen LogP contribution in [0.2, 0.25) is 15.1 Å². The highest BCUT2D eigenvalue weighted by Gasteiger charge is 2.27. The number of hydrogen-bond acceptors (Lipinski definition) is 5. The number of ether oxygens (including phenoxy) is 2. The van der Waals surface area contributed by atoms with E-state index in [4.69, 9.17) is 50.0 Å². The second kappa shape index (κ2) is 8.96. The smallest absolute Gasteiger partial charge is 0.344 e. The van der Waals surface area contributed by atoms with Crippen LogP contribution in [0.15, 0.2) is 12.1 Å². The first kappa shape index (κ1) is 20.3. The summed E-state index contributed by atoms with van der Waals surface area (Å²) in [7, 11) is 0. The molecule has 0 aromatic heterocycles. The van der Waals surface area contributed by atoms with Crippen LogP contribution in [-0.4, -0.2) is 30.6 Å². The summed E-state index contributed by atoms with van der Waals surface area (Å²) in [6.07, 6.45) is -1.20. The fourth-order valence-electron chi connectivity index (χ4n) is 1.61. The third kappa shape index (κ3) is 6.07. The molecular weight excluding hydrogens is 383 g/mol. The molecule has 0 bridgehead atoms. The van der Waals surface area contributed by atoms with E-state index in [2.05, 4.69) is 0 Å². The molecule has 0 saturated carbocycles. The summed E-state index contributed by atoms with van der Waals surface area (Å²) in [4.78, 5) is 34.3. The van der Waals surface area contributed by atoms with Crippen molar-refractivity contribution in [3.05, 3.63) is 27.2 Å². The molecule has 24 heavy (non-hydrogen) atoms. The fraction of sp³-hybridized carbons (Fsp3) is 0.357. The summed E-state index contributed by atoms with van der Waals surface area (Å²) >= 11 is 17.5. The van der Waals surface area contributed by atoms with Gasteiger partial charge >= 0.3 is 12.0 Å². The zero-order valence-corrected chi connectivity index (χ0v) is 15.0. The monoisotopic (exact) mass is 396 g/mol. The van der Waals surface area contributed by atoms with E-state index in [1.807, 2.05) is 5.32 Å². The Balaban J connectivity index is 2.68. The van der Waals surface area contributed by atoms with Gasteiger partial charge in [-0.3, -0.25) is 10.1 Å². The second-order valence-corrected chi connectivity index (χ2v) is 6.21. The molecule has 0 unspecified atom stereocenters. The first-order valence-electron chi connectivity index (χ1n) is 6.69. The quantitative estimate of drug-likeness (QED) is 0.567. The molecule has 1 atom stereocenters. The van der Waals surface area contributed by atoms with Crippen molar-refractivity contribution in [1.29, 1.82) is 0 Å². The summed E-state index contributed by atoms with van der Waals surface area (Å²) in [5, 5.41) is 2.45. The Morgan fingerprint density at radius 3 is 2.25 bits per heavy atom. The largest absolute Gasteiger partial charge is 0.480 e. The van der Waals surface area contributed by atoms with Crippen molar-refractivity contribution >= 4 is 52.7 Å². The lowest BCUT2D eigenvalue weighted by Gasteiger charge is -2.20. The molecule has 0 aliphatic rings. The normalized spacial score (nSPS) is 11.8. The van der Waals surface area contributed by atoms with Gasteiger partial charge in [0.15, 0.2) is 12.7 Å². The van der Waals surface area contributed by atoms with Crippen molar-refractivity contribution in [3.63, 3.8) is 0 Å². The van der Waals surface area contributed by atoms with Crippen molar-refractivity contribution in [2.45, 2.75) is 20.0 Å². The van der Waals surface area contributed by atoms with E-state index in [1.54, 1.807) is 13.8 Å². The van der Waals surface area contributed by atoms with Crippen molar-refractivity contribution < 1.29 is 23.9 Å². The third-order valence-corrected chi connectivity index (χ3v) is 3.71. The first-order valence-corrected chi connectivity index (χ1v) is 7.82. The molecule has 1 aromatic rings. The number of rotatable bonds is 6. The number of primary amides is 1. The van der Waals surface area contributed by atoms with E-state index < -0.39 is 30.6 Å². The number of imide groups is 1. The Hall–Kier alpha value is -1.70. The zero-order chi connectivity index (χ0) is 18.4. The van der Waals surface area contributed by atoms with Gasteiger partial charge < -0.3 is 15.2 Å². The Morgan fingerprint density at radius 2 is 1.71 bits per heavy atom. The summed E-state index contributed by atoms with van der Waals surface area (Å²) in [5.74, 6) is -1.92. The van der Waals surface area contributed by atoms with E-state index in [0.717, 1.165) is 0 Å². The van der Waals surface area contributed by atoms with Crippen LogP contribution < -0.4 is 15.8 Å². The summed E-state index contributed by atoms with van der Waals surface area (Å²) < 4.78 is 10.2. The van der Waals surface area contributed by atoms with Gasteiger partial charge in [-0.15, -0.1) is 0 Å². The van der Waals surface area contributed by atoms with Crippen LogP contribution in [0, 0.1) is 5.92 Å². The minimum atomic E-state index is -1.20. The van der Waals surface area contributed by atoms with Crippen LogP contribution in [0.1, 0.15) is 13.8 Å². The maximum absolute atomic E-state index is 11.8. The Bertz CT molecular complexity index is 652. The van der Waals surface area contributed by atoms with E-state index in [0.29, 0.717) is 0 Å². The number of urea groups is 1. The van der Waals surface area contributed by atoms with Crippen LogP contribution in [0.4, 0.5) is 4.79 Å². The maximum Gasteiger partial charge on any atom is 0.344 e. The number of nitrogens with one attached hydrogen (secondary N) is 1. The van der Waals surface area contributed by atoms with Crippen LogP contribution in [0.25, 0.3) is 0 Å². The molecule has 0 heterocycles. The molecule has 7 nitrogen and oxygen atoms in total. The molecule has 0 saturated heterocycles. The van der Waals surface area contributed by atoms with Crippen LogP contribution in [0.5, 0.6) is 5.75 Å². The number of hydrogen-bond donors (Lipinski definition) is 2. The number of esters is 1. The Labute approximate surface area is 153 Å². The minimum absolute atomic E-state index is 0.130. The average molecular weight is 398 g/mol. The third-order valence-electron chi connectivity index (χ3n) is 2.69. The van der Waals surface area contributed by atoms with E-state index in [-0.39, 0.29) is 26.7 Å². The highest BCUT2D eigenvalue weighted by molar-refractivity contribution is 6.43. The van der Waals surface area contributed by atoms with E-state index in [9.17, 15) is 14.4 Å². The van der Waals surface area contributed by atoms with Gasteiger partial charge in [-0.25, -0.2) is 9.59 Å². The van der Waals surface area contributed by atoms with Crippen molar-refractivity contribution in [3.8, 4) is 5.75 Å². The molecule has 0 spiro atoms. The van der Waals surface area contributed by atoms with Gasteiger partial charge in [0.2, 0.25) is 0 Å². The minimum Gasteiger partial charge on any atom is -0.480 e. The van der Waals surface area contributed by atoms with Crippen molar-refractivity contribution in [1.82, 2.24) is 5.32 Å². The van der Waals surface area contributed by atoms with Crippen molar-refractivity contribution in [2.75, 3.05) is 6.61 Å². The number of carbonyl (C=O) groups is 3. The van der Waals surface area contributed by atoms with Gasteiger partial charge in [-0.05, 0) is 12.0 Å². The molecule has 0 aliphatic heterocycles. The van der Waals surface area contributed by atoms with Gasteiger partial charge in [-0.2, -0.15) is 0 Å². The lowest BCUT2D eigenvalue weighted by Crippen LogP contribution is -2.46. The van der Waals surface area contributed by atoms with Gasteiger partial charge in [-0.1, -0.05) is 48.7 Å². The molecule has 3 N–H and O–H groups in total. The number of nitrogens with two attached hydrogens (primary N) is 1.